The van der Waals surface area contributed by atoms with Crippen molar-refractivity contribution in [1.29, 1.82) is 0 Å². The SMILES string of the molecule is N/C(=N\O)c1ccc(N2[C@@H]3CC[C@H]2CC(OCc2c(-c4ccccc4Cl)noc2C2CC2)C3)nc1. The van der Waals surface area contributed by atoms with Gasteiger partial charge in [0.1, 0.15) is 17.3 Å². The molecular formula is C26H28ClN5O3. The molecular weight excluding hydrogens is 466 g/mol. The molecule has 35 heavy (non-hydrogen) atoms. The molecule has 9 heteroatoms. The fourth-order valence-corrected chi connectivity index (χ4v) is 5.80. The molecule has 3 aliphatic rings. The standard InChI is InChI=1S/C26H28ClN5O3/c27-22-4-2-1-3-20(22)24-21(25(35-31-24)15-5-6-15)14-34-19-11-17-8-9-18(12-19)32(17)23-10-7-16(13-29-23)26(28)30-33/h1-4,7,10,13,15,17-19,33H,5-6,8-9,11-12,14H2,(H2,28,30)/t17-,18+,19?. The largest absolute Gasteiger partial charge is 0.409 e. The van der Waals surface area contributed by atoms with Crippen molar-refractivity contribution in [2.45, 2.75) is 69.2 Å². The number of fused-ring (bicyclic) bond motifs is 2. The molecule has 6 rings (SSSR count). The Balaban J connectivity index is 1.17. The number of nitrogens with two attached hydrogens (primary N) is 1. The van der Waals surface area contributed by atoms with E-state index in [9.17, 15) is 0 Å². The number of rotatable bonds is 7. The highest BCUT2D eigenvalue weighted by atomic mass is 35.5. The van der Waals surface area contributed by atoms with E-state index in [0.717, 1.165) is 66.9 Å². The van der Waals surface area contributed by atoms with Gasteiger partial charge >= 0.3 is 0 Å². The quantitative estimate of drug-likeness (QED) is 0.204. The van der Waals surface area contributed by atoms with Crippen molar-refractivity contribution in [3.05, 3.63) is 64.5 Å². The topological polar surface area (TPSA) is 110 Å². The molecule has 3 aromatic rings. The number of halogens is 1. The van der Waals surface area contributed by atoms with Crippen LogP contribution in [0.3, 0.4) is 0 Å². The lowest BCUT2D eigenvalue weighted by atomic mass is 9.99. The lowest BCUT2D eigenvalue weighted by Gasteiger charge is -2.39. The van der Waals surface area contributed by atoms with Gasteiger partial charge in [-0.05, 0) is 56.7 Å². The molecule has 3 fully saturated rings. The Morgan fingerprint density at radius 3 is 2.57 bits per heavy atom. The third kappa shape index (κ3) is 4.25. The van der Waals surface area contributed by atoms with Gasteiger partial charge in [0.05, 0.1) is 17.7 Å². The number of benzene rings is 1. The second-order valence-corrected chi connectivity index (χ2v) is 10.1. The summed E-state index contributed by atoms with van der Waals surface area (Å²) in [5.41, 5.74) is 9.01. The van der Waals surface area contributed by atoms with Gasteiger partial charge in [-0.3, -0.25) is 0 Å². The Labute approximate surface area is 208 Å². The van der Waals surface area contributed by atoms with Crippen LogP contribution in [0.1, 0.15) is 61.3 Å². The third-order valence-electron chi connectivity index (χ3n) is 7.46. The van der Waals surface area contributed by atoms with E-state index in [1.54, 1.807) is 6.20 Å². The van der Waals surface area contributed by atoms with Crippen LogP contribution in [-0.4, -0.2) is 39.4 Å². The summed E-state index contributed by atoms with van der Waals surface area (Å²) >= 11 is 6.48. The van der Waals surface area contributed by atoms with E-state index < -0.39 is 0 Å². The summed E-state index contributed by atoms with van der Waals surface area (Å²) in [7, 11) is 0. The van der Waals surface area contributed by atoms with E-state index in [1.165, 1.54) is 0 Å². The highest BCUT2D eigenvalue weighted by Gasteiger charge is 2.42. The maximum Gasteiger partial charge on any atom is 0.171 e. The summed E-state index contributed by atoms with van der Waals surface area (Å²) in [6, 6.07) is 12.3. The minimum absolute atomic E-state index is 0.0644. The van der Waals surface area contributed by atoms with Crippen LogP contribution < -0.4 is 10.6 Å². The first-order chi connectivity index (χ1) is 17.1. The number of nitrogens with zero attached hydrogens (tertiary/aromatic N) is 4. The maximum atomic E-state index is 8.89. The smallest absolute Gasteiger partial charge is 0.171 e. The molecule has 1 saturated carbocycles. The number of aromatic nitrogens is 2. The second-order valence-electron chi connectivity index (χ2n) is 9.72. The Kier molecular flexibility index (Phi) is 5.86. The number of hydrogen-bond donors (Lipinski definition) is 2. The van der Waals surface area contributed by atoms with Gasteiger partial charge in [-0.2, -0.15) is 0 Å². The van der Waals surface area contributed by atoms with Crippen LogP contribution in [0.25, 0.3) is 11.3 Å². The van der Waals surface area contributed by atoms with E-state index in [1.807, 2.05) is 36.4 Å². The molecule has 1 aromatic carbocycles. The molecule has 0 spiro atoms. The molecule has 2 aliphatic heterocycles. The number of oxime groups is 1. The molecule has 3 atom stereocenters. The van der Waals surface area contributed by atoms with Crippen molar-refractivity contribution in [3.63, 3.8) is 0 Å². The van der Waals surface area contributed by atoms with E-state index in [4.69, 9.17) is 31.8 Å². The Hall–Kier alpha value is -3.10. The van der Waals surface area contributed by atoms with Crippen LogP contribution >= 0.6 is 11.6 Å². The molecule has 2 saturated heterocycles. The average molecular weight is 494 g/mol. The number of ether oxygens (including phenoxy) is 1. The predicted octanol–water partition coefficient (Wildman–Crippen LogP) is 5.08. The first kappa shape index (κ1) is 22.4. The van der Waals surface area contributed by atoms with E-state index in [0.29, 0.717) is 35.2 Å². The lowest BCUT2D eigenvalue weighted by molar-refractivity contribution is 0.0146. The molecule has 0 amide bonds. The van der Waals surface area contributed by atoms with Gasteiger partial charge in [-0.25, -0.2) is 4.98 Å². The fraction of sp³-hybridized carbons (Fsp3) is 0.423. The highest BCUT2D eigenvalue weighted by Crippen LogP contribution is 2.45. The van der Waals surface area contributed by atoms with Crippen molar-refractivity contribution >= 4 is 23.3 Å². The van der Waals surface area contributed by atoms with Crippen LogP contribution in [-0.2, 0) is 11.3 Å². The Morgan fingerprint density at radius 1 is 1.14 bits per heavy atom. The monoisotopic (exact) mass is 493 g/mol. The summed E-state index contributed by atoms with van der Waals surface area (Å²) in [6.07, 6.45) is 8.24. The number of amidine groups is 1. The van der Waals surface area contributed by atoms with Gasteiger partial charge in [0.25, 0.3) is 0 Å². The van der Waals surface area contributed by atoms with Crippen LogP contribution in [0.4, 0.5) is 5.82 Å². The Bertz CT molecular complexity index is 1230. The second kappa shape index (κ2) is 9.17. The number of anilines is 1. The fourth-order valence-electron chi connectivity index (χ4n) is 5.58. The van der Waals surface area contributed by atoms with Gasteiger partial charge < -0.3 is 25.1 Å². The summed E-state index contributed by atoms with van der Waals surface area (Å²) in [5, 5.41) is 17.0. The molecule has 0 radical (unpaired) electrons. The van der Waals surface area contributed by atoms with E-state index in [2.05, 4.69) is 20.2 Å². The molecule has 3 N–H and O–H groups in total. The summed E-state index contributed by atoms with van der Waals surface area (Å²) in [5.74, 6) is 2.39. The summed E-state index contributed by atoms with van der Waals surface area (Å²) in [6.45, 7) is 0.479. The molecule has 2 bridgehead atoms. The van der Waals surface area contributed by atoms with Crippen molar-refractivity contribution in [3.8, 4) is 11.3 Å². The highest BCUT2D eigenvalue weighted by molar-refractivity contribution is 6.33. The van der Waals surface area contributed by atoms with Crippen molar-refractivity contribution < 1.29 is 14.5 Å². The van der Waals surface area contributed by atoms with E-state index >= 15 is 0 Å². The van der Waals surface area contributed by atoms with Crippen molar-refractivity contribution in [2.75, 3.05) is 4.90 Å². The molecule has 182 valence electrons. The lowest BCUT2D eigenvalue weighted by Crippen LogP contribution is -2.46. The van der Waals surface area contributed by atoms with Crippen molar-refractivity contribution in [1.82, 2.24) is 10.1 Å². The first-order valence-corrected chi connectivity index (χ1v) is 12.6. The average Bonchev–Trinajstić information content (AvgIpc) is 3.59. The van der Waals surface area contributed by atoms with Gasteiger partial charge in [0.15, 0.2) is 5.84 Å². The number of piperidine rings is 1. The minimum atomic E-state index is 0.0644. The zero-order valence-electron chi connectivity index (χ0n) is 19.3. The molecule has 1 unspecified atom stereocenters. The van der Waals surface area contributed by atoms with E-state index in [-0.39, 0.29) is 11.9 Å². The van der Waals surface area contributed by atoms with Crippen LogP contribution in [0.2, 0.25) is 5.02 Å². The molecule has 1 aliphatic carbocycles. The molecule has 2 aromatic heterocycles. The van der Waals surface area contributed by atoms with Crippen LogP contribution in [0, 0.1) is 0 Å². The molecule has 8 nitrogen and oxygen atoms in total. The minimum Gasteiger partial charge on any atom is -0.409 e. The van der Waals surface area contributed by atoms with Gasteiger partial charge in [0.2, 0.25) is 0 Å². The van der Waals surface area contributed by atoms with Gasteiger partial charge in [-0.15, -0.1) is 0 Å². The zero-order valence-corrected chi connectivity index (χ0v) is 20.1. The first-order valence-electron chi connectivity index (χ1n) is 12.2. The number of hydrogen-bond acceptors (Lipinski definition) is 7. The zero-order chi connectivity index (χ0) is 23.9. The van der Waals surface area contributed by atoms with Crippen LogP contribution in [0.15, 0.2) is 52.3 Å². The normalized spacial score (nSPS) is 24.2. The van der Waals surface area contributed by atoms with Crippen LogP contribution in [0.5, 0.6) is 0 Å². The Morgan fingerprint density at radius 2 is 1.91 bits per heavy atom. The molecule has 4 heterocycles. The van der Waals surface area contributed by atoms with Gasteiger partial charge in [0, 0.05) is 40.9 Å². The third-order valence-corrected chi connectivity index (χ3v) is 7.79. The maximum absolute atomic E-state index is 8.89. The summed E-state index contributed by atoms with van der Waals surface area (Å²) < 4.78 is 12.3. The predicted molar refractivity (Wildman–Crippen MR) is 133 cm³/mol. The summed E-state index contributed by atoms with van der Waals surface area (Å²) in [4.78, 5) is 7.01. The van der Waals surface area contributed by atoms with Gasteiger partial charge in [-0.1, -0.05) is 40.1 Å². The number of pyridine rings is 1. The van der Waals surface area contributed by atoms with Crippen molar-refractivity contribution in [2.24, 2.45) is 10.9 Å².